The number of esters is 1. The highest BCUT2D eigenvalue weighted by Gasteiger charge is 2.40. The maximum atomic E-state index is 12.3. The number of methoxy groups -OCH3 is 1. The molecular weight excluding hydrogens is 394 g/mol. The minimum Gasteiger partial charge on any atom is -0.465 e. The van der Waals surface area contributed by atoms with E-state index in [9.17, 15) is 9.59 Å². The van der Waals surface area contributed by atoms with Crippen molar-refractivity contribution < 1.29 is 14.3 Å². The van der Waals surface area contributed by atoms with Crippen molar-refractivity contribution in [3.8, 4) is 0 Å². The average Bonchev–Trinajstić information content (AvgIpc) is 3.43. The van der Waals surface area contributed by atoms with Crippen LogP contribution in [0.1, 0.15) is 48.0 Å². The molecule has 2 aliphatic carbocycles. The summed E-state index contributed by atoms with van der Waals surface area (Å²) in [6.45, 7) is 0. The van der Waals surface area contributed by atoms with Gasteiger partial charge in [0.2, 0.25) is 11.0 Å². The molecule has 28 heavy (non-hydrogen) atoms. The summed E-state index contributed by atoms with van der Waals surface area (Å²) in [5.41, 5.74) is 1.61. The summed E-state index contributed by atoms with van der Waals surface area (Å²) in [4.78, 5) is 23.8. The molecule has 2 aromatic rings. The molecule has 0 aliphatic heterocycles. The van der Waals surface area contributed by atoms with Gasteiger partial charge in [-0.2, -0.15) is 0 Å². The van der Waals surface area contributed by atoms with Crippen LogP contribution >= 0.6 is 23.1 Å². The number of carbonyl (C=O) groups excluding carboxylic acids is 2. The molecule has 2 saturated carbocycles. The lowest BCUT2D eigenvalue weighted by atomic mass is 9.86. The number of rotatable bonds is 7. The Kier molecular flexibility index (Phi) is 5.96. The molecule has 0 unspecified atom stereocenters. The number of nitrogens with one attached hydrogen (secondary N) is 1. The first-order chi connectivity index (χ1) is 13.6. The van der Waals surface area contributed by atoms with Crippen LogP contribution in [-0.4, -0.2) is 29.2 Å². The Bertz CT molecular complexity index is 853. The second-order valence-electron chi connectivity index (χ2n) is 7.54. The van der Waals surface area contributed by atoms with Gasteiger partial charge in [0.25, 0.3) is 0 Å². The van der Waals surface area contributed by atoms with Gasteiger partial charge in [-0.15, -0.1) is 10.2 Å². The van der Waals surface area contributed by atoms with Gasteiger partial charge >= 0.3 is 5.97 Å². The Balaban J connectivity index is 1.25. The minimum atomic E-state index is -0.339. The zero-order valence-corrected chi connectivity index (χ0v) is 17.4. The van der Waals surface area contributed by atoms with E-state index in [0.717, 1.165) is 27.5 Å². The topological polar surface area (TPSA) is 81.2 Å². The number of thioether (sulfide) groups is 1. The van der Waals surface area contributed by atoms with E-state index < -0.39 is 0 Å². The molecule has 148 valence electrons. The Morgan fingerprint density at radius 1 is 1.21 bits per heavy atom. The van der Waals surface area contributed by atoms with Crippen LogP contribution in [0.2, 0.25) is 0 Å². The Morgan fingerprint density at radius 2 is 2.04 bits per heavy atom. The molecule has 1 amide bonds. The zero-order chi connectivity index (χ0) is 19.5. The van der Waals surface area contributed by atoms with Gasteiger partial charge in [-0.3, -0.25) is 4.79 Å². The summed E-state index contributed by atoms with van der Waals surface area (Å²) in [5, 5.41) is 11.7. The summed E-state index contributed by atoms with van der Waals surface area (Å²) in [6, 6.07) is 7.31. The fourth-order valence-electron chi connectivity index (χ4n) is 4.35. The predicted octanol–water partition coefficient (Wildman–Crippen LogP) is 4.38. The number of hydrogen-bond donors (Lipinski definition) is 1. The van der Waals surface area contributed by atoms with Gasteiger partial charge in [-0.25, -0.2) is 4.79 Å². The third-order valence-corrected chi connectivity index (χ3v) is 7.77. The molecule has 2 bridgehead atoms. The quantitative estimate of drug-likeness (QED) is 0.409. The second-order valence-corrected chi connectivity index (χ2v) is 9.74. The molecule has 1 N–H and O–H groups in total. The number of benzene rings is 1. The fraction of sp³-hybridized carbons (Fsp3) is 0.500. The molecule has 1 heterocycles. The molecule has 1 aromatic carbocycles. The molecule has 6 nitrogen and oxygen atoms in total. The fourth-order valence-corrected chi connectivity index (χ4v) is 6.08. The van der Waals surface area contributed by atoms with E-state index in [0.29, 0.717) is 23.0 Å². The van der Waals surface area contributed by atoms with Gasteiger partial charge in [-0.05, 0) is 54.7 Å². The van der Waals surface area contributed by atoms with Crippen molar-refractivity contribution in [1.29, 1.82) is 0 Å². The van der Waals surface area contributed by atoms with Crippen LogP contribution in [0.25, 0.3) is 0 Å². The third-order valence-electron chi connectivity index (χ3n) is 5.72. The first kappa shape index (κ1) is 19.4. The van der Waals surface area contributed by atoms with Crippen LogP contribution in [0, 0.1) is 17.8 Å². The lowest BCUT2D eigenvalue weighted by Gasteiger charge is -2.20. The van der Waals surface area contributed by atoms with Crippen LogP contribution in [0.5, 0.6) is 0 Å². The lowest BCUT2D eigenvalue weighted by Crippen LogP contribution is -2.20. The van der Waals surface area contributed by atoms with Gasteiger partial charge < -0.3 is 10.1 Å². The highest BCUT2D eigenvalue weighted by atomic mass is 32.2. The summed E-state index contributed by atoms with van der Waals surface area (Å²) >= 11 is 2.96. The number of fused-ring (bicyclic) bond motifs is 2. The Hall–Kier alpha value is -1.93. The van der Waals surface area contributed by atoms with Crippen LogP contribution in [-0.2, 0) is 15.3 Å². The van der Waals surface area contributed by atoms with Gasteiger partial charge in [-0.1, -0.05) is 41.7 Å². The zero-order valence-electron chi connectivity index (χ0n) is 15.7. The van der Waals surface area contributed by atoms with Crippen molar-refractivity contribution in [3.05, 3.63) is 35.4 Å². The largest absolute Gasteiger partial charge is 0.465 e. The molecule has 0 spiro atoms. The first-order valence-electron chi connectivity index (χ1n) is 9.54. The minimum absolute atomic E-state index is 0.0589. The number of nitrogens with zero attached hydrogens (tertiary/aromatic N) is 2. The van der Waals surface area contributed by atoms with Crippen LogP contribution in [0.15, 0.2) is 28.6 Å². The maximum Gasteiger partial charge on any atom is 0.337 e. The van der Waals surface area contributed by atoms with Crippen LogP contribution in [0.4, 0.5) is 5.13 Å². The van der Waals surface area contributed by atoms with Crippen LogP contribution < -0.4 is 5.32 Å². The maximum absolute atomic E-state index is 12.3. The van der Waals surface area contributed by atoms with Crippen LogP contribution in [0.3, 0.4) is 0 Å². The highest BCUT2D eigenvalue weighted by Crippen LogP contribution is 2.49. The third kappa shape index (κ3) is 4.55. The average molecular weight is 418 g/mol. The van der Waals surface area contributed by atoms with E-state index in [2.05, 4.69) is 15.5 Å². The normalized spacial score (nSPS) is 23.0. The lowest BCUT2D eigenvalue weighted by molar-refractivity contribution is -0.117. The molecule has 2 aliphatic rings. The number of ether oxygens (including phenoxy) is 1. The molecule has 2 fully saturated rings. The Labute approximate surface area is 172 Å². The van der Waals surface area contributed by atoms with Gasteiger partial charge in [0.05, 0.1) is 12.7 Å². The molecule has 3 atom stereocenters. The first-order valence-corrected chi connectivity index (χ1v) is 11.3. The molecule has 4 rings (SSSR count). The van der Waals surface area contributed by atoms with Crippen molar-refractivity contribution in [2.75, 3.05) is 12.4 Å². The van der Waals surface area contributed by atoms with Gasteiger partial charge in [0, 0.05) is 12.2 Å². The van der Waals surface area contributed by atoms with E-state index in [-0.39, 0.29) is 11.9 Å². The smallest absolute Gasteiger partial charge is 0.337 e. The summed E-state index contributed by atoms with van der Waals surface area (Å²) in [6.07, 6.45) is 5.78. The number of aromatic nitrogens is 2. The van der Waals surface area contributed by atoms with Crippen molar-refractivity contribution in [2.24, 2.45) is 17.8 Å². The van der Waals surface area contributed by atoms with E-state index in [1.807, 2.05) is 12.1 Å². The SMILES string of the molecule is COC(=O)c1ccc(CSc2nnc(NC(=O)C[C@H]3C[C@@H]4CC[C@H]3C4)s2)cc1. The van der Waals surface area contributed by atoms with E-state index >= 15 is 0 Å². The molecule has 1 aromatic heterocycles. The molecule has 0 radical (unpaired) electrons. The number of carbonyl (C=O) groups is 2. The summed E-state index contributed by atoms with van der Waals surface area (Å²) < 4.78 is 5.51. The van der Waals surface area contributed by atoms with Gasteiger partial charge in [0.15, 0.2) is 4.34 Å². The van der Waals surface area contributed by atoms with E-state index in [1.54, 1.807) is 23.9 Å². The van der Waals surface area contributed by atoms with Crippen molar-refractivity contribution >= 4 is 40.1 Å². The number of amides is 1. The highest BCUT2D eigenvalue weighted by molar-refractivity contribution is 8.00. The Morgan fingerprint density at radius 3 is 2.71 bits per heavy atom. The summed E-state index contributed by atoms with van der Waals surface area (Å²) in [7, 11) is 1.37. The number of hydrogen-bond acceptors (Lipinski definition) is 7. The standard InChI is InChI=1S/C20H23N3O3S2/c1-26-18(25)14-5-2-12(3-6-14)11-27-20-23-22-19(28-20)21-17(24)10-16-9-13-4-7-15(16)8-13/h2-3,5-6,13,15-16H,4,7-11H2,1H3,(H,21,22,24)/t13-,15+,16-/m1/s1. The summed E-state index contributed by atoms with van der Waals surface area (Å²) in [5.74, 6) is 2.59. The van der Waals surface area contributed by atoms with E-state index in [4.69, 9.17) is 4.74 Å². The number of anilines is 1. The van der Waals surface area contributed by atoms with E-state index in [1.165, 1.54) is 44.1 Å². The predicted molar refractivity (Wildman–Crippen MR) is 109 cm³/mol. The molecular formula is C20H23N3O3S2. The monoisotopic (exact) mass is 417 g/mol. The van der Waals surface area contributed by atoms with Crippen molar-refractivity contribution in [3.63, 3.8) is 0 Å². The van der Waals surface area contributed by atoms with Gasteiger partial charge in [0.1, 0.15) is 0 Å². The van der Waals surface area contributed by atoms with Crippen molar-refractivity contribution in [1.82, 2.24) is 10.2 Å². The molecule has 8 heteroatoms. The van der Waals surface area contributed by atoms with Crippen molar-refractivity contribution in [2.45, 2.75) is 42.2 Å². The second kappa shape index (κ2) is 8.61. The molecule has 0 saturated heterocycles.